The van der Waals surface area contributed by atoms with Crippen molar-refractivity contribution in [3.05, 3.63) is 12.4 Å². The number of anilines is 1. The molecule has 1 fully saturated rings. The first-order valence-electron chi connectivity index (χ1n) is 6.90. The van der Waals surface area contributed by atoms with E-state index in [1.165, 1.54) is 6.42 Å². The van der Waals surface area contributed by atoms with Gasteiger partial charge < -0.3 is 10.1 Å². The summed E-state index contributed by atoms with van der Waals surface area (Å²) in [5.41, 5.74) is 0.352. The Labute approximate surface area is 114 Å². The highest BCUT2D eigenvalue weighted by atomic mass is 16.5. The molecule has 1 saturated heterocycles. The summed E-state index contributed by atoms with van der Waals surface area (Å²) < 4.78 is 7.52. The van der Waals surface area contributed by atoms with Gasteiger partial charge in [0.15, 0.2) is 0 Å². The second-order valence-electron chi connectivity index (χ2n) is 6.14. The third kappa shape index (κ3) is 4.06. The number of aromatic nitrogens is 2. The SMILES string of the molecule is CC(C)(C)C(=O)Nc1cnn(CC2CCCCO2)c1. The van der Waals surface area contributed by atoms with Crippen LogP contribution in [0.25, 0.3) is 0 Å². The van der Waals surface area contributed by atoms with Gasteiger partial charge in [-0.2, -0.15) is 5.10 Å². The standard InChI is InChI=1S/C14H23N3O2/c1-14(2,3)13(18)16-11-8-15-17(9-11)10-12-6-4-5-7-19-12/h8-9,12H,4-7,10H2,1-3H3,(H,16,18). The molecule has 1 unspecified atom stereocenters. The molecule has 2 rings (SSSR count). The van der Waals surface area contributed by atoms with Crippen LogP contribution in [0.2, 0.25) is 0 Å². The monoisotopic (exact) mass is 265 g/mol. The van der Waals surface area contributed by atoms with Gasteiger partial charge >= 0.3 is 0 Å². The lowest BCUT2D eigenvalue weighted by Crippen LogP contribution is -2.27. The lowest BCUT2D eigenvalue weighted by molar-refractivity contribution is -0.123. The topological polar surface area (TPSA) is 56.2 Å². The van der Waals surface area contributed by atoms with Crippen molar-refractivity contribution in [2.45, 2.75) is 52.7 Å². The van der Waals surface area contributed by atoms with E-state index in [0.717, 1.165) is 31.7 Å². The predicted molar refractivity (Wildman–Crippen MR) is 73.9 cm³/mol. The molecule has 0 aliphatic carbocycles. The van der Waals surface area contributed by atoms with Crippen molar-refractivity contribution in [2.24, 2.45) is 5.41 Å². The van der Waals surface area contributed by atoms with Crippen LogP contribution < -0.4 is 5.32 Å². The van der Waals surface area contributed by atoms with Gasteiger partial charge in [-0.15, -0.1) is 0 Å². The van der Waals surface area contributed by atoms with Crippen molar-refractivity contribution in [2.75, 3.05) is 11.9 Å². The quantitative estimate of drug-likeness (QED) is 0.913. The maximum atomic E-state index is 11.9. The molecular weight excluding hydrogens is 242 g/mol. The Kier molecular flexibility index (Phi) is 4.24. The summed E-state index contributed by atoms with van der Waals surface area (Å²) in [5, 5.41) is 7.14. The Morgan fingerprint density at radius 2 is 2.32 bits per heavy atom. The van der Waals surface area contributed by atoms with Crippen molar-refractivity contribution >= 4 is 11.6 Å². The second-order valence-corrected chi connectivity index (χ2v) is 6.14. The molecule has 1 amide bonds. The van der Waals surface area contributed by atoms with Crippen LogP contribution in [0.3, 0.4) is 0 Å². The molecule has 0 bridgehead atoms. The van der Waals surface area contributed by atoms with E-state index >= 15 is 0 Å². The number of rotatable bonds is 3. The van der Waals surface area contributed by atoms with E-state index in [1.807, 2.05) is 31.6 Å². The molecule has 1 aromatic rings. The Morgan fingerprint density at radius 3 is 2.95 bits per heavy atom. The number of ether oxygens (including phenoxy) is 1. The largest absolute Gasteiger partial charge is 0.376 e. The van der Waals surface area contributed by atoms with Crippen molar-refractivity contribution in [3.63, 3.8) is 0 Å². The van der Waals surface area contributed by atoms with E-state index in [4.69, 9.17) is 4.74 Å². The molecule has 1 atom stereocenters. The zero-order valence-corrected chi connectivity index (χ0v) is 12.0. The fraction of sp³-hybridized carbons (Fsp3) is 0.714. The van der Waals surface area contributed by atoms with Crippen molar-refractivity contribution < 1.29 is 9.53 Å². The van der Waals surface area contributed by atoms with Gasteiger partial charge in [0.05, 0.1) is 24.5 Å². The average Bonchev–Trinajstić information content (AvgIpc) is 2.76. The molecule has 5 nitrogen and oxygen atoms in total. The summed E-state index contributed by atoms with van der Waals surface area (Å²) >= 11 is 0. The molecule has 0 aromatic carbocycles. The Balaban J connectivity index is 1.89. The molecule has 19 heavy (non-hydrogen) atoms. The number of nitrogens with zero attached hydrogens (tertiary/aromatic N) is 2. The Morgan fingerprint density at radius 1 is 1.53 bits per heavy atom. The summed E-state index contributed by atoms with van der Waals surface area (Å²) in [6, 6.07) is 0. The predicted octanol–water partition coefficient (Wildman–Crippen LogP) is 2.44. The smallest absolute Gasteiger partial charge is 0.229 e. The highest BCUT2D eigenvalue weighted by molar-refractivity contribution is 5.94. The Hall–Kier alpha value is -1.36. The maximum absolute atomic E-state index is 11.9. The lowest BCUT2D eigenvalue weighted by Gasteiger charge is -2.22. The average molecular weight is 265 g/mol. The van der Waals surface area contributed by atoms with Crippen LogP contribution in [0.4, 0.5) is 5.69 Å². The van der Waals surface area contributed by atoms with Crippen LogP contribution in [-0.4, -0.2) is 28.4 Å². The summed E-state index contributed by atoms with van der Waals surface area (Å²) in [6.07, 6.45) is 7.26. The van der Waals surface area contributed by atoms with E-state index < -0.39 is 5.41 Å². The van der Waals surface area contributed by atoms with Crippen molar-refractivity contribution in [3.8, 4) is 0 Å². The molecule has 1 aliphatic rings. The van der Waals surface area contributed by atoms with Crippen LogP contribution in [0.1, 0.15) is 40.0 Å². The number of carbonyl (C=O) groups excluding carboxylic acids is 1. The highest BCUT2D eigenvalue weighted by Crippen LogP contribution is 2.18. The van der Waals surface area contributed by atoms with Crippen LogP contribution in [-0.2, 0) is 16.1 Å². The second kappa shape index (κ2) is 5.74. The van der Waals surface area contributed by atoms with Gasteiger partial charge in [-0.05, 0) is 19.3 Å². The van der Waals surface area contributed by atoms with Gasteiger partial charge in [0, 0.05) is 18.2 Å². The van der Waals surface area contributed by atoms with Gasteiger partial charge in [-0.3, -0.25) is 9.48 Å². The molecule has 1 N–H and O–H groups in total. The minimum atomic E-state index is -0.394. The molecule has 0 saturated carbocycles. The van der Waals surface area contributed by atoms with E-state index in [2.05, 4.69) is 10.4 Å². The molecule has 0 spiro atoms. The maximum Gasteiger partial charge on any atom is 0.229 e. The zero-order valence-electron chi connectivity index (χ0n) is 12.0. The van der Waals surface area contributed by atoms with Crippen LogP contribution in [0.5, 0.6) is 0 Å². The first-order chi connectivity index (χ1) is 8.95. The first kappa shape index (κ1) is 14.1. The summed E-state index contributed by atoms with van der Waals surface area (Å²) in [5.74, 6) is 0.000895. The van der Waals surface area contributed by atoms with Gasteiger partial charge in [0.1, 0.15) is 0 Å². The molecule has 5 heteroatoms. The number of hydrogen-bond donors (Lipinski definition) is 1. The minimum absolute atomic E-state index is 0.000895. The third-order valence-corrected chi connectivity index (χ3v) is 3.24. The number of hydrogen-bond acceptors (Lipinski definition) is 3. The first-order valence-corrected chi connectivity index (χ1v) is 6.90. The van der Waals surface area contributed by atoms with E-state index in [0.29, 0.717) is 0 Å². The minimum Gasteiger partial charge on any atom is -0.376 e. The summed E-state index contributed by atoms with van der Waals surface area (Å²) in [4.78, 5) is 11.9. The molecule has 106 valence electrons. The van der Waals surface area contributed by atoms with Crippen LogP contribution in [0.15, 0.2) is 12.4 Å². The van der Waals surface area contributed by atoms with Crippen LogP contribution in [0, 0.1) is 5.41 Å². The summed E-state index contributed by atoms with van der Waals surface area (Å²) in [7, 11) is 0. The lowest BCUT2D eigenvalue weighted by atomic mass is 9.96. The summed E-state index contributed by atoms with van der Waals surface area (Å²) in [6.45, 7) is 7.28. The zero-order chi connectivity index (χ0) is 13.9. The third-order valence-electron chi connectivity index (χ3n) is 3.24. The van der Waals surface area contributed by atoms with Gasteiger partial charge in [0.25, 0.3) is 0 Å². The number of amides is 1. The normalized spacial score (nSPS) is 20.3. The molecule has 1 aromatic heterocycles. The highest BCUT2D eigenvalue weighted by Gasteiger charge is 2.22. The molecular formula is C14H23N3O2. The van der Waals surface area contributed by atoms with E-state index in [9.17, 15) is 4.79 Å². The molecule has 1 aliphatic heterocycles. The Bertz CT molecular complexity index is 428. The fourth-order valence-electron chi connectivity index (χ4n) is 2.01. The molecule has 0 radical (unpaired) electrons. The van der Waals surface area contributed by atoms with Crippen molar-refractivity contribution in [1.29, 1.82) is 0 Å². The van der Waals surface area contributed by atoms with E-state index in [-0.39, 0.29) is 12.0 Å². The number of nitrogens with one attached hydrogen (secondary N) is 1. The van der Waals surface area contributed by atoms with Gasteiger partial charge in [-0.1, -0.05) is 20.8 Å². The van der Waals surface area contributed by atoms with Gasteiger partial charge in [0.2, 0.25) is 5.91 Å². The van der Waals surface area contributed by atoms with Crippen molar-refractivity contribution in [1.82, 2.24) is 9.78 Å². The number of carbonyl (C=O) groups is 1. The van der Waals surface area contributed by atoms with Crippen LogP contribution >= 0.6 is 0 Å². The molecule has 2 heterocycles. The fourth-order valence-corrected chi connectivity index (χ4v) is 2.01. The van der Waals surface area contributed by atoms with E-state index in [1.54, 1.807) is 6.20 Å². The van der Waals surface area contributed by atoms with Gasteiger partial charge in [-0.25, -0.2) is 0 Å².